The second-order valence-electron chi connectivity index (χ2n) is 1.77. The van der Waals surface area contributed by atoms with Crippen molar-refractivity contribution in [3.63, 3.8) is 0 Å². The van der Waals surface area contributed by atoms with Crippen molar-refractivity contribution in [2.24, 2.45) is 0 Å². The van der Waals surface area contributed by atoms with E-state index in [0.717, 1.165) is 0 Å². The molecule has 0 aromatic carbocycles. The first kappa shape index (κ1) is 7.47. The van der Waals surface area contributed by atoms with Crippen molar-refractivity contribution in [2.75, 3.05) is 18.8 Å². The molecule has 0 radical (unpaired) electrons. The summed E-state index contributed by atoms with van der Waals surface area (Å²) in [6, 6.07) is 0. The number of hydrogen-bond donors (Lipinski definition) is 0. The highest BCUT2D eigenvalue weighted by atomic mass is 32.2. The SMILES string of the molecule is CSCOC1=CC(=O)OC1. The van der Waals surface area contributed by atoms with E-state index < -0.39 is 0 Å². The summed E-state index contributed by atoms with van der Waals surface area (Å²) in [7, 11) is 0. The van der Waals surface area contributed by atoms with Crippen molar-refractivity contribution >= 4 is 17.7 Å². The fraction of sp³-hybridized carbons (Fsp3) is 0.500. The van der Waals surface area contributed by atoms with Gasteiger partial charge in [0.25, 0.3) is 0 Å². The lowest BCUT2D eigenvalue weighted by Crippen LogP contribution is -1.94. The predicted molar refractivity (Wildman–Crippen MR) is 38.5 cm³/mol. The Morgan fingerprint density at radius 2 is 2.70 bits per heavy atom. The van der Waals surface area contributed by atoms with Gasteiger partial charge in [-0.3, -0.25) is 0 Å². The highest BCUT2D eigenvalue weighted by Crippen LogP contribution is 2.08. The Kier molecular flexibility index (Phi) is 2.62. The zero-order valence-corrected chi connectivity index (χ0v) is 6.44. The Bertz CT molecular complexity index is 164. The molecule has 1 rings (SSSR count). The van der Waals surface area contributed by atoms with Crippen molar-refractivity contribution in [1.82, 2.24) is 0 Å². The molecule has 10 heavy (non-hydrogen) atoms. The normalized spacial score (nSPS) is 16.5. The molecule has 0 unspecified atom stereocenters. The molecule has 0 aliphatic carbocycles. The van der Waals surface area contributed by atoms with E-state index in [4.69, 9.17) is 4.74 Å². The smallest absolute Gasteiger partial charge is 0.334 e. The molecule has 0 saturated carbocycles. The van der Waals surface area contributed by atoms with Crippen LogP contribution in [0.3, 0.4) is 0 Å². The van der Waals surface area contributed by atoms with Gasteiger partial charge in [-0.05, 0) is 6.26 Å². The molecule has 0 atom stereocenters. The minimum absolute atomic E-state index is 0.291. The van der Waals surface area contributed by atoms with E-state index in [-0.39, 0.29) is 5.97 Å². The number of thioether (sulfide) groups is 1. The summed E-state index contributed by atoms with van der Waals surface area (Å²) >= 11 is 1.56. The van der Waals surface area contributed by atoms with E-state index >= 15 is 0 Å². The monoisotopic (exact) mass is 160 g/mol. The topological polar surface area (TPSA) is 35.5 Å². The third-order valence-corrected chi connectivity index (χ3v) is 1.35. The Labute approximate surface area is 63.4 Å². The van der Waals surface area contributed by atoms with Crippen LogP contribution in [0.4, 0.5) is 0 Å². The first-order valence-electron chi connectivity index (χ1n) is 2.82. The van der Waals surface area contributed by atoms with Crippen LogP contribution in [0.15, 0.2) is 11.8 Å². The first-order valence-corrected chi connectivity index (χ1v) is 4.21. The Morgan fingerprint density at radius 1 is 1.90 bits per heavy atom. The minimum Gasteiger partial charge on any atom is -0.483 e. The summed E-state index contributed by atoms with van der Waals surface area (Å²) in [6.07, 6.45) is 3.30. The molecule has 4 heteroatoms. The van der Waals surface area contributed by atoms with Gasteiger partial charge in [-0.15, -0.1) is 11.8 Å². The lowest BCUT2D eigenvalue weighted by atomic mass is 10.5. The van der Waals surface area contributed by atoms with Gasteiger partial charge in [0.05, 0.1) is 6.08 Å². The van der Waals surface area contributed by atoms with Crippen molar-refractivity contribution in [3.05, 3.63) is 11.8 Å². The van der Waals surface area contributed by atoms with Gasteiger partial charge < -0.3 is 9.47 Å². The van der Waals surface area contributed by atoms with Crippen molar-refractivity contribution in [3.8, 4) is 0 Å². The van der Waals surface area contributed by atoms with Crippen molar-refractivity contribution < 1.29 is 14.3 Å². The fourth-order valence-electron chi connectivity index (χ4n) is 0.575. The average Bonchev–Trinajstić information content (AvgIpc) is 2.31. The van der Waals surface area contributed by atoms with Gasteiger partial charge in [0, 0.05) is 0 Å². The van der Waals surface area contributed by atoms with Crippen LogP contribution in [-0.4, -0.2) is 24.8 Å². The number of carbonyl (C=O) groups excluding carboxylic acids is 1. The molecule has 1 heterocycles. The molecule has 0 saturated heterocycles. The molecule has 0 bridgehead atoms. The third kappa shape index (κ3) is 1.95. The van der Waals surface area contributed by atoms with Gasteiger partial charge in [-0.1, -0.05) is 0 Å². The van der Waals surface area contributed by atoms with Gasteiger partial charge in [0.2, 0.25) is 0 Å². The summed E-state index contributed by atoms with van der Waals surface area (Å²) in [6.45, 7) is 0.291. The second-order valence-corrected chi connectivity index (χ2v) is 2.58. The van der Waals surface area contributed by atoms with Crippen LogP contribution in [0.5, 0.6) is 0 Å². The van der Waals surface area contributed by atoms with Crippen LogP contribution in [0.2, 0.25) is 0 Å². The van der Waals surface area contributed by atoms with E-state index in [1.54, 1.807) is 11.8 Å². The van der Waals surface area contributed by atoms with Crippen LogP contribution in [0.1, 0.15) is 0 Å². The van der Waals surface area contributed by atoms with Crippen LogP contribution < -0.4 is 0 Å². The molecule has 0 N–H and O–H groups in total. The van der Waals surface area contributed by atoms with Crippen LogP contribution >= 0.6 is 11.8 Å². The van der Waals surface area contributed by atoms with E-state index in [0.29, 0.717) is 18.3 Å². The molecule has 0 fully saturated rings. The second kappa shape index (κ2) is 3.51. The maximum absolute atomic E-state index is 10.4. The summed E-state index contributed by atoms with van der Waals surface area (Å²) in [5.41, 5.74) is 0. The molecular weight excluding hydrogens is 152 g/mol. The molecular formula is C6H8O3S. The highest BCUT2D eigenvalue weighted by molar-refractivity contribution is 7.98. The van der Waals surface area contributed by atoms with Crippen LogP contribution in [0.25, 0.3) is 0 Å². The van der Waals surface area contributed by atoms with Crippen LogP contribution in [0, 0.1) is 0 Å². The maximum Gasteiger partial charge on any atom is 0.334 e. The molecule has 1 aliphatic rings. The molecule has 0 aromatic heterocycles. The summed E-state index contributed by atoms with van der Waals surface area (Å²) < 4.78 is 9.70. The highest BCUT2D eigenvalue weighted by Gasteiger charge is 2.12. The largest absolute Gasteiger partial charge is 0.483 e. The number of ether oxygens (including phenoxy) is 2. The summed E-state index contributed by atoms with van der Waals surface area (Å²) in [5.74, 6) is 0.887. The maximum atomic E-state index is 10.4. The van der Waals surface area contributed by atoms with Crippen molar-refractivity contribution in [1.29, 1.82) is 0 Å². The number of hydrogen-bond acceptors (Lipinski definition) is 4. The summed E-state index contributed by atoms with van der Waals surface area (Å²) in [4.78, 5) is 10.4. The van der Waals surface area contributed by atoms with Gasteiger partial charge in [-0.2, -0.15) is 0 Å². The number of esters is 1. The Morgan fingerprint density at radius 3 is 3.20 bits per heavy atom. The number of carbonyl (C=O) groups is 1. The molecule has 56 valence electrons. The standard InChI is InChI=1S/C6H8O3S/c1-10-4-9-5-2-6(7)8-3-5/h2H,3-4H2,1H3. The lowest BCUT2D eigenvalue weighted by Gasteiger charge is -2.00. The summed E-state index contributed by atoms with van der Waals surface area (Å²) in [5, 5.41) is 0. The van der Waals surface area contributed by atoms with Gasteiger partial charge in [0.15, 0.2) is 0 Å². The molecule has 0 amide bonds. The molecule has 1 aliphatic heterocycles. The van der Waals surface area contributed by atoms with E-state index in [2.05, 4.69) is 4.74 Å². The van der Waals surface area contributed by atoms with E-state index in [9.17, 15) is 4.79 Å². The predicted octanol–water partition coefficient (Wildman–Crippen LogP) is 0.764. The van der Waals surface area contributed by atoms with Gasteiger partial charge in [-0.25, -0.2) is 4.79 Å². The van der Waals surface area contributed by atoms with Gasteiger partial charge in [0.1, 0.15) is 18.3 Å². The van der Waals surface area contributed by atoms with Gasteiger partial charge >= 0.3 is 5.97 Å². The third-order valence-electron chi connectivity index (χ3n) is 0.998. The zero-order valence-electron chi connectivity index (χ0n) is 5.62. The Balaban J connectivity index is 2.28. The molecule has 3 nitrogen and oxygen atoms in total. The minimum atomic E-state index is -0.309. The zero-order chi connectivity index (χ0) is 7.40. The van der Waals surface area contributed by atoms with Crippen LogP contribution in [-0.2, 0) is 14.3 Å². The molecule has 0 aromatic rings. The number of rotatable bonds is 3. The lowest BCUT2D eigenvalue weighted by molar-refractivity contribution is -0.135. The average molecular weight is 160 g/mol. The fourth-order valence-corrected chi connectivity index (χ4v) is 0.844. The van der Waals surface area contributed by atoms with Crippen molar-refractivity contribution in [2.45, 2.75) is 0 Å². The Hall–Kier alpha value is -0.640. The van der Waals surface area contributed by atoms with E-state index in [1.807, 2.05) is 6.26 Å². The molecule has 0 spiro atoms. The quantitative estimate of drug-likeness (QED) is 0.451. The first-order chi connectivity index (χ1) is 4.83. The van der Waals surface area contributed by atoms with E-state index in [1.165, 1.54) is 6.08 Å². The number of cyclic esters (lactones) is 1.